The molecule has 0 N–H and O–H groups in total. The summed E-state index contributed by atoms with van der Waals surface area (Å²) in [6.45, 7) is 0. The van der Waals surface area contributed by atoms with Crippen LogP contribution in [0.5, 0.6) is 0 Å². The van der Waals surface area contributed by atoms with Gasteiger partial charge in [0, 0.05) is 60.4 Å². The number of hydrogen-bond acceptors (Lipinski definition) is 2. The van der Waals surface area contributed by atoms with Crippen LogP contribution in [-0.4, -0.2) is 23.7 Å². The Labute approximate surface area is 363 Å². The number of nitrogens with zero attached hydrogens (tertiary/aromatic N) is 5. The van der Waals surface area contributed by atoms with Crippen LogP contribution in [0, 0.1) is 0 Å². The van der Waals surface area contributed by atoms with Crippen LogP contribution in [0.3, 0.4) is 0 Å². The van der Waals surface area contributed by atoms with Gasteiger partial charge in [-0.2, -0.15) is 0 Å². The van der Waals surface area contributed by atoms with Crippen molar-refractivity contribution in [1.82, 2.24) is 23.7 Å². The molecule has 63 heavy (non-hydrogen) atoms. The third-order valence-corrected chi connectivity index (χ3v) is 12.6. The van der Waals surface area contributed by atoms with Gasteiger partial charge in [0.2, 0.25) is 0 Å². The van der Waals surface area contributed by atoms with Gasteiger partial charge in [0.05, 0.1) is 50.2 Å². The molecule has 0 unspecified atom stereocenters. The first-order chi connectivity index (χ1) is 31.3. The summed E-state index contributed by atoms with van der Waals surface area (Å²) < 4.78 is 7.39. The predicted molar refractivity (Wildman–Crippen MR) is 261 cm³/mol. The molecule has 0 aliphatic rings. The van der Waals surface area contributed by atoms with Crippen LogP contribution in [-0.2, 0) is 0 Å². The van der Waals surface area contributed by atoms with Crippen molar-refractivity contribution in [2.45, 2.75) is 0 Å². The van der Waals surface area contributed by atoms with E-state index >= 15 is 0 Å². The lowest BCUT2D eigenvalue weighted by Crippen LogP contribution is -2.00. The lowest BCUT2D eigenvalue weighted by atomic mass is 10.00. The fraction of sp³-hybridized carbons (Fsp3) is 0. The maximum Gasteiger partial charge on any atom is 0.160 e. The number of fused-ring (bicyclic) bond motifs is 10. The second-order valence-corrected chi connectivity index (χ2v) is 16.1. The van der Waals surface area contributed by atoms with E-state index in [4.69, 9.17) is 9.97 Å². The molecule has 5 nitrogen and oxygen atoms in total. The zero-order valence-electron chi connectivity index (χ0n) is 34.1. The van der Waals surface area contributed by atoms with Crippen molar-refractivity contribution in [2.24, 2.45) is 0 Å². The minimum Gasteiger partial charge on any atom is -0.309 e. The summed E-state index contributed by atoms with van der Waals surface area (Å²) in [7, 11) is 0. The first-order valence-corrected chi connectivity index (χ1v) is 21.4. The molecular formula is C58H37N5. The van der Waals surface area contributed by atoms with E-state index in [1.807, 2.05) is 12.1 Å². The van der Waals surface area contributed by atoms with Crippen molar-refractivity contribution in [2.75, 3.05) is 0 Å². The Morgan fingerprint density at radius 1 is 0.302 bits per heavy atom. The maximum absolute atomic E-state index is 5.44. The van der Waals surface area contributed by atoms with Gasteiger partial charge in [-0.3, -0.25) is 0 Å². The third-order valence-electron chi connectivity index (χ3n) is 12.6. The van der Waals surface area contributed by atoms with Gasteiger partial charge in [-0.15, -0.1) is 0 Å². The molecule has 294 valence electrons. The molecule has 0 saturated carbocycles. The van der Waals surface area contributed by atoms with Crippen molar-refractivity contribution < 1.29 is 0 Å². The lowest BCUT2D eigenvalue weighted by Gasteiger charge is -2.14. The van der Waals surface area contributed by atoms with Gasteiger partial charge in [0.1, 0.15) is 0 Å². The summed E-state index contributed by atoms with van der Waals surface area (Å²) in [4.78, 5) is 10.6. The molecule has 0 amide bonds. The maximum atomic E-state index is 5.44. The van der Waals surface area contributed by atoms with E-state index in [2.05, 4.69) is 226 Å². The number of para-hydroxylation sites is 5. The molecule has 9 aromatic carbocycles. The van der Waals surface area contributed by atoms with Crippen LogP contribution in [0.1, 0.15) is 0 Å². The highest BCUT2D eigenvalue weighted by Gasteiger charge is 2.26. The molecule has 0 bridgehead atoms. The highest BCUT2D eigenvalue weighted by molar-refractivity contribution is 6.29. The van der Waals surface area contributed by atoms with Gasteiger partial charge in [-0.05, 0) is 60.7 Å². The van der Waals surface area contributed by atoms with Crippen molar-refractivity contribution >= 4 is 65.4 Å². The van der Waals surface area contributed by atoms with E-state index in [9.17, 15) is 0 Å². The average molecular weight is 804 g/mol. The predicted octanol–water partition coefficient (Wildman–Crippen LogP) is 14.8. The van der Waals surface area contributed by atoms with Crippen LogP contribution in [0.15, 0.2) is 224 Å². The Morgan fingerprint density at radius 3 is 1.46 bits per heavy atom. The average Bonchev–Trinajstić information content (AvgIpc) is 4.01. The Balaban J connectivity index is 1.23. The van der Waals surface area contributed by atoms with Crippen LogP contribution in [0.25, 0.3) is 116 Å². The van der Waals surface area contributed by atoms with Crippen LogP contribution in [0.2, 0.25) is 0 Å². The Bertz CT molecular complexity index is 3820. The Morgan fingerprint density at radius 2 is 0.794 bits per heavy atom. The molecular weight excluding hydrogens is 767 g/mol. The second kappa shape index (κ2) is 14.0. The largest absolute Gasteiger partial charge is 0.309 e. The first-order valence-electron chi connectivity index (χ1n) is 21.4. The summed E-state index contributed by atoms with van der Waals surface area (Å²) >= 11 is 0. The van der Waals surface area contributed by atoms with E-state index in [0.29, 0.717) is 5.82 Å². The monoisotopic (exact) mass is 803 g/mol. The molecule has 4 aromatic heterocycles. The Kier molecular flexibility index (Phi) is 7.84. The minimum atomic E-state index is 0.688. The smallest absolute Gasteiger partial charge is 0.160 e. The van der Waals surface area contributed by atoms with E-state index in [1.54, 1.807) is 0 Å². The van der Waals surface area contributed by atoms with E-state index in [1.165, 1.54) is 32.4 Å². The minimum absolute atomic E-state index is 0.688. The van der Waals surface area contributed by atoms with Crippen LogP contribution < -0.4 is 0 Å². The van der Waals surface area contributed by atoms with Gasteiger partial charge >= 0.3 is 0 Å². The van der Waals surface area contributed by atoms with E-state index in [0.717, 1.165) is 78.1 Å². The zero-order valence-corrected chi connectivity index (χ0v) is 34.1. The molecule has 13 rings (SSSR count). The molecule has 0 spiro atoms. The molecule has 4 heterocycles. The van der Waals surface area contributed by atoms with Gasteiger partial charge in [-0.1, -0.05) is 164 Å². The zero-order chi connectivity index (χ0) is 41.4. The van der Waals surface area contributed by atoms with Gasteiger partial charge in [0.25, 0.3) is 0 Å². The van der Waals surface area contributed by atoms with Gasteiger partial charge in [0.15, 0.2) is 5.82 Å². The standard InChI is InChI=1S/C58H37N5/c1-5-19-38(20-6-1)47-37-48(60-58(59-47)39-21-7-2-8-22-39)46-30-18-33-51-54(46)55-52(36-35-45-43-28-14-16-32-50(43)62(57(45)55)41-25-11-4-12-26-41)63(51)53-34-17-29-44-42-27-13-15-31-49(42)61(56(44)53)40-23-9-3-10-24-40/h1-37H. The second-order valence-electron chi connectivity index (χ2n) is 16.1. The van der Waals surface area contributed by atoms with Crippen molar-refractivity contribution in [3.8, 4) is 51.0 Å². The SMILES string of the molecule is c1ccc(-c2cc(-c3cccc4c3c3c(ccc5c6ccccc6n(-c6ccccc6)c53)n4-c3cccc4c5ccccc5n(-c5ccccc5)c34)nc(-c3ccccc3)n2)cc1. The fourth-order valence-electron chi connectivity index (χ4n) is 10.0. The van der Waals surface area contributed by atoms with Crippen molar-refractivity contribution in [3.05, 3.63) is 224 Å². The number of benzene rings is 9. The quantitative estimate of drug-likeness (QED) is 0.168. The first kappa shape index (κ1) is 35.2. The molecule has 0 atom stereocenters. The topological polar surface area (TPSA) is 40.6 Å². The van der Waals surface area contributed by atoms with Crippen LogP contribution >= 0.6 is 0 Å². The third kappa shape index (κ3) is 5.36. The summed E-state index contributed by atoms with van der Waals surface area (Å²) in [6, 6.07) is 80.2. The fourth-order valence-corrected chi connectivity index (χ4v) is 10.0. The van der Waals surface area contributed by atoms with Crippen molar-refractivity contribution in [1.29, 1.82) is 0 Å². The summed E-state index contributed by atoms with van der Waals surface area (Å²) in [6.07, 6.45) is 0. The molecule has 0 aliphatic heterocycles. The lowest BCUT2D eigenvalue weighted by molar-refractivity contribution is 1.13. The summed E-state index contributed by atoms with van der Waals surface area (Å²) in [5, 5.41) is 7.13. The summed E-state index contributed by atoms with van der Waals surface area (Å²) in [5.74, 6) is 0.688. The summed E-state index contributed by atoms with van der Waals surface area (Å²) in [5.41, 5.74) is 15.0. The van der Waals surface area contributed by atoms with Gasteiger partial charge < -0.3 is 13.7 Å². The van der Waals surface area contributed by atoms with Gasteiger partial charge in [-0.25, -0.2) is 9.97 Å². The molecule has 0 aliphatic carbocycles. The molecule has 0 fully saturated rings. The Hall–Kier alpha value is -8.54. The van der Waals surface area contributed by atoms with E-state index < -0.39 is 0 Å². The van der Waals surface area contributed by atoms with Crippen molar-refractivity contribution in [3.63, 3.8) is 0 Å². The highest BCUT2D eigenvalue weighted by Crippen LogP contribution is 2.47. The molecule has 0 saturated heterocycles. The number of aromatic nitrogens is 5. The van der Waals surface area contributed by atoms with E-state index in [-0.39, 0.29) is 0 Å². The molecule has 0 radical (unpaired) electrons. The highest BCUT2D eigenvalue weighted by atomic mass is 15.1. The number of rotatable bonds is 6. The normalized spacial score (nSPS) is 11.8. The van der Waals surface area contributed by atoms with Crippen LogP contribution in [0.4, 0.5) is 0 Å². The molecule has 5 heteroatoms. The number of hydrogen-bond donors (Lipinski definition) is 0. The molecule has 13 aromatic rings.